The van der Waals surface area contributed by atoms with E-state index >= 15 is 4.39 Å². The molecule has 4 aromatic rings. The Morgan fingerprint density at radius 3 is 2.57 bits per heavy atom. The molecule has 0 unspecified atom stereocenters. The number of halogens is 1. The first-order valence-corrected chi connectivity index (χ1v) is 16.9. The number of aromatic nitrogens is 4. The van der Waals surface area contributed by atoms with Gasteiger partial charge >= 0.3 is 0 Å². The lowest BCUT2D eigenvalue weighted by Crippen LogP contribution is -2.50. The molecule has 2 fully saturated rings. The third kappa shape index (κ3) is 6.12. The zero-order chi connectivity index (χ0) is 34.5. The number of hydrogen-bond donors (Lipinski definition) is 2. The van der Waals surface area contributed by atoms with Crippen molar-refractivity contribution >= 4 is 29.3 Å². The van der Waals surface area contributed by atoms with Gasteiger partial charge in [0.2, 0.25) is 0 Å². The fourth-order valence-corrected chi connectivity index (χ4v) is 7.70. The predicted octanol–water partition coefficient (Wildman–Crippen LogP) is 4.71. The van der Waals surface area contributed by atoms with Crippen LogP contribution in [0.25, 0.3) is 11.1 Å². The number of carbonyl (C=O) groups is 1. The van der Waals surface area contributed by atoms with E-state index in [2.05, 4.69) is 34.0 Å². The Balaban J connectivity index is 1.10. The summed E-state index contributed by atoms with van der Waals surface area (Å²) in [6.07, 6.45) is 9.39. The number of aliphatic hydroxyl groups is 1. The van der Waals surface area contributed by atoms with Gasteiger partial charge in [-0.1, -0.05) is 13.8 Å². The number of ether oxygens (including phenoxy) is 1. The van der Waals surface area contributed by atoms with Crippen molar-refractivity contribution in [2.75, 3.05) is 55.0 Å². The Bertz CT molecular complexity index is 1940. The van der Waals surface area contributed by atoms with Crippen LogP contribution in [0.15, 0.2) is 47.7 Å². The van der Waals surface area contributed by atoms with Gasteiger partial charge in [0.15, 0.2) is 12.1 Å². The molecule has 4 aromatic heterocycles. The largest absolute Gasteiger partial charge is 0.392 e. The Kier molecular flexibility index (Phi) is 8.56. The first kappa shape index (κ1) is 33.0. The number of pyridine rings is 3. The highest BCUT2D eigenvalue weighted by Crippen LogP contribution is 2.41. The number of aliphatic hydroxyl groups excluding tert-OH is 1. The van der Waals surface area contributed by atoms with Crippen LogP contribution in [0.4, 0.5) is 27.4 Å². The minimum Gasteiger partial charge on any atom is -0.392 e. The van der Waals surface area contributed by atoms with Gasteiger partial charge in [0.25, 0.3) is 5.56 Å². The second-order valence-corrected chi connectivity index (χ2v) is 14.7. The van der Waals surface area contributed by atoms with E-state index in [1.54, 1.807) is 30.1 Å². The van der Waals surface area contributed by atoms with Crippen LogP contribution in [-0.4, -0.2) is 70.4 Å². The van der Waals surface area contributed by atoms with Crippen molar-refractivity contribution in [2.45, 2.75) is 52.7 Å². The maximum Gasteiger partial charge on any atom is 0.274 e. The molecule has 1 aliphatic carbocycles. The van der Waals surface area contributed by atoms with E-state index in [1.807, 2.05) is 36.3 Å². The van der Waals surface area contributed by atoms with Crippen LogP contribution >= 0.6 is 0 Å². The lowest BCUT2D eigenvalue weighted by atomic mass is 9.77. The monoisotopic (exact) mass is 669 g/mol. The van der Waals surface area contributed by atoms with Gasteiger partial charge in [-0.15, -0.1) is 0 Å². The van der Waals surface area contributed by atoms with Crippen LogP contribution in [0.2, 0.25) is 0 Å². The van der Waals surface area contributed by atoms with Crippen molar-refractivity contribution in [3.63, 3.8) is 0 Å². The van der Waals surface area contributed by atoms with Crippen LogP contribution < -0.4 is 20.7 Å². The molecule has 0 aromatic carbocycles. The maximum absolute atomic E-state index is 15.2. The highest BCUT2D eigenvalue weighted by molar-refractivity contribution is 5.76. The summed E-state index contributed by atoms with van der Waals surface area (Å²) in [6, 6.07) is 7.51. The summed E-state index contributed by atoms with van der Waals surface area (Å²) < 4.78 is 23.9. The van der Waals surface area contributed by atoms with Gasteiger partial charge in [-0.2, -0.15) is 0 Å². The molecule has 0 atom stereocenters. The quantitative estimate of drug-likeness (QED) is 0.232. The van der Waals surface area contributed by atoms with E-state index in [-0.39, 0.29) is 23.3 Å². The first-order valence-electron chi connectivity index (χ1n) is 16.9. The highest BCUT2D eigenvalue weighted by Gasteiger charge is 2.41. The van der Waals surface area contributed by atoms with Crippen LogP contribution in [0.1, 0.15) is 54.0 Å². The number of nitrogens with one attached hydrogen (secondary N) is 1. The van der Waals surface area contributed by atoms with E-state index in [0.29, 0.717) is 66.1 Å². The number of rotatable bonds is 10. The molecule has 3 aliphatic rings. The molecule has 0 bridgehead atoms. The molecule has 0 amide bonds. The Morgan fingerprint density at radius 1 is 1.14 bits per heavy atom. The molecule has 2 saturated heterocycles. The lowest BCUT2D eigenvalue weighted by molar-refractivity contribution is -0.124. The standard InChI is InChI=1S/C37H44FN7O4/c1-36(2)16-27-30(17-36)45(31(21-47)33(27)38)14-13-42(3)34-28(20-46)26(7-10-39-34)24-15-29(35(48)43(4)19-24)41-32-6-5-25(18-40-32)44-11-8-37(9-12-44)22-49-23-37/h5-7,10,15,18-19,21,46H,8-9,11-14,16-17,20,22-23H2,1-4H3,(H,40,41). The van der Waals surface area contributed by atoms with Gasteiger partial charge in [-0.25, -0.2) is 14.4 Å². The Morgan fingerprint density at radius 2 is 1.92 bits per heavy atom. The third-order valence-electron chi connectivity index (χ3n) is 10.6. The van der Waals surface area contributed by atoms with Gasteiger partial charge in [0.05, 0.1) is 31.7 Å². The summed E-state index contributed by atoms with van der Waals surface area (Å²) in [7, 11) is 3.56. The topological polar surface area (TPSA) is 118 Å². The van der Waals surface area contributed by atoms with Crippen molar-refractivity contribution in [1.82, 2.24) is 19.1 Å². The fourth-order valence-electron chi connectivity index (χ4n) is 7.70. The van der Waals surface area contributed by atoms with Crippen LogP contribution in [-0.2, 0) is 37.8 Å². The van der Waals surface area contributed by atoms with Gasteiger partial charge in [-0.05, 0) is 60.9 Å². The summed E-state index contributed by atoms with van der Waals surface area (Å²) >= 11 is 0. The van der Waals surface area contributed by atoms with Crippen LogP contribution in [0.5, 0.6) is 0 Å². The molecule has 1 spiro atoms. The van der Waals surface area contributed by atoms with Crippen molar-refractivity contribution in [2.24, 2.45) is 17.9 Å². The molecular weight excluding hydrogens is 625 g/mol. The molecule has 0 radical (unpaired) electrons. The number of anilines is 4. The van der Waals surface area contributed by atoms with Crippen LogP contribution in [0.3, 0.4) is 0 Å². The number of aldehydes is 1. The van der Waals surface area contributed by atoms with E-state index in [1.165, 1.54) is 4.57 Å². The average Bonchev–Trinajstić information content (AvgIpc) is 3.53. The summed E-state index contributed by atoms with van der Waals surface area (Å²) in [4.78, 5) is 38.6. The predicted molar refractivity (Wildman–Crippen MR) is 187 cm³/mol. The number of carbonyl (C=O) groups excluding carboxylic acids is 1. The lowest BCUT2D eigenvalue weighted by Gasteiger charge is -2.47. The van der Waals surface area contributed by atoms with Crippen molar-refractivity contribution in [3.8, 4) is 11.1 Å². The number of aryl methyl sites for hydroxylation is 1. The molecule has 6 heterocycles. The minimum atomic E-state index is -0.417. The Hall–Kier alpha value is -4.55. The highest BCUT2D eigenvalue weighted by atomic mass is 19.1. The number of likely N-dealkylation sites (N-methyl/N-ethyl adjacent to an activating group) is 1. The fraction of sp³-hybridized carbons (Fsp3) is 0.459. The molecule has 11 nitrogen and oxygen atoms in total. The summed E-state index contributed by atoms with van der Waals surface area (Å²) in [6.45, 7) is 8.43. The normalized spacial score (nSPS) is 17.6. The van der Waals surface area contributed by atoms with Crippen molar-refractivity contribution < 1.29 is 19.0 Å². The van der Waals surface area contributed by atoms with E-state index in [0.717, 1.165) is 61.7 Å². The maximum atomic E-state index is 15.2. The summed E-state index contributed by atoms with van der Waals surface area (Å²) in [5, 5.41) is 13.8. The van der Waals surface area contributed by atoms with Crippen LogP contribution in [0, 0.1) is 16.6 Å². The van der Waals surface area contributed by atoms with E-state index in [9.17, 15) is 14.7 Å². The number of nitrogens with zero attached hydrogens (tertiary/aromatic N) is 6. The van der Waals surface area contributed by atoms with Crippen molar-refractivity contribution in [1.29, 1.82) is 0 Å². The number of piperidine rings is 1. The molecule has 12 heteroatoms. The smallest absolute Gasteiger partial charge is 0.274 e. The SMILES string of the molecule is CN(CCn1c(C=O)c(F)c2c1CC(C)(C)C2)c1nccc(-c2cc(Nc3ccc(N4CCC5(CC4)COC5)cn3)c(=O)n(C)c2)c1CO. The zero-order valence-electron chi connectivity index (χ0n) is 28.6. The van der Waals surface area contributed by atoms with Gasteiger partial charge in [0, 0.05) is 80.5 Å². The number of hydrogen-bond acceptors (Lipinski definition) is 9. The summed E-state index contributed by atoms with van der Waals surface area (Å²) in [5.74, 6) is 0.702. The second-order valence-electron chi connectivity index (χ2n) is 14.7. The molecule has 0 saturated carbocycles. The molecular formula is C37H44FN7O4. The molecule has 2 aliphatic heterocycles. The second kappa shape index (κ2) is 12.7. The van der Waals surface area contributed by atoms with E-state index < -0.39 is 5.82 Å². The van der Waals surface area contributed by atoms with Gasteiger partial charge in [-0.3, -0.25) is 9.59 Å². The summed E-state index contributed by atoms with van der Waals surface area (Å²) in [5.41, 5.74) is 5.13. The average molecular weight is 670 g/mol. The molecule has 2 N–H and O–H groups in total. The molecule has 49 heavy (non-hydrogen) atoms. The number of fused-ring (bicyclic) bond motifs is 1. The van der Waals surface area contributed by atoms with E-state index in [4.69, 9.17) is 4.74 Å². The zero-order valence-corrected chi connectivity index (χ0v) is 28.6. The van der Waals surface area contributed by atoms with Crippen molar-refractivity contribution in [3.05, 3.63) is 81.5 Å². The first-order chi connectivity index (χ1) is 23.5. The van der Waals surface area contributed by atoms with Gasteiger partial charge in [0.1, 0.15) is 23.0 Å². The molecule has 7 rings (SSSR count). The molecule has 258 valence electrons. The van der Waals surface area contributed by atoms with Gasteiger partial charge < -0.3 is 34.1 Å². The minimum absolute atomic E-state index is 0.0633. The Labute approximate surface area is 285 Å². The third-order valence-corrected chi connectivity index (χ3v) is 10.6.